The minimum absolute atomic E-state index is 0.202. The maximum atomic E-state index is 13.6. The van der Waals surface area contributed by atoms with E-state index in [-0.39, 0.29) is 11.7 Å². The topological polar surface area (TPSA) is 72.7 Å². The van der Waals surface area contributed by atoms with Crippen molar-refractivity contribution in [3.05, 3.63) is 29.6 Å². The zero-order valence-corrected chi connectivity index (χ0v) is 15.2. The van der Waals surface area contributed by atoms with Gasteiger partial charge in [-0.1, -0.05) is 37.1 Å². The van der Waals surface area contributed by atoms with E-state index in [4.69, 9.17) is 0 Å². The summed E-state index contributed by atoms with van der Waals surface area (Å²) in [5.74, 6) is -0.536. The van der Waals surface area contributed by atoms with E-state index in [1.807, 2.05) is 4.68 Å². The number of hydrogen-bond acceptors (Lipinski definition) is 5. The number of aromatic nitrogens is 4. The second kappa shape index (κ2) is 7.95. The number of benzene rings is 1. The quantitative estimate of drug-likeness (QED) is 0.819. The minimum Gasteiger partial charge on any atom is -0.325 e. The summed E-state index contributed by atoms with van der Waals surface area (Å²) in [5.41, 5.74) is 1.000. The number of thioether (sulfide) groups is 1. The first-order valence-electron chi connectivity index (χ1n) is 8.56. The van der Waals surface area contributed by atoms with Crippen LogP contribution in [-0.4, -0.2) is 31.4 Å². The number of carbonyl (C=O) groups excluding carboxylic acids is 1. The van der Waals surface area contributed by atoms with Crippen LogP contribution < -0.4 is 5.32 Å². The van der Waals surface area contributed by atoms with Crippen molar-refractivity contribution in [2.75, 3.05) is 5.32 Å². The minimum atomic E-state index is -0.391. The zero-order chi connectivity index (χ0) is 17.8. The summed E-state index contributed by atoms with van der Waals surface area (Å²) in [5, 5.41) is 15.0. The van der Waals surface area contributed by atoms with E-state index in [0.717, 1.165) is 12.8 Å². The van der Waals surface area contributed by atoms with Crippen molar-refractivity contribution in [2.24, 2.45) is 0 Å². The lowest BCUT2D eigenvalue weighted by Gasteiger charge is -2.22. The Morgan fingerprint density at radius 1 is 1.36 bits per heavy atom. The van der Waals surface area contributed by atoms with Gasteiger partial charge in [-0.15, -0.1) is 5.10 Å². The molecule has 1 saturated carbocycles. The fourth-order valence-electron chi connectivity index (χ4n) is 2.94. The average Bonchev–Trinajstić information content (AvgIpc) is 3.07. The van der Waals surface area contributed by atoms with Crippen LogP contribution in [0.1, 0.15) is 50.6 Å². The van der Waals surface area contributed by atoms with E-state index in [0.29, 0.717) is 22.4 Å². The van der Waals surface area contributed by atoms with Crippen LogP contribution in [0.2, 0.25) is 0 Å². The number of carbonyl (C=O) groups is 1. The first kappa shape index (κ1) is 17.8. The molecule has 1 aliphatic rings. The van der Waals surface area contributed by atoms with Gasteiger partial charge in [-0.3, -0.25) is 4.79 Å². The summed E-state index contributed by atoms with van der Waals surface area (Å²) in [4.78, 5) is 12.4. The largest absolute Gasteiger partial charge is 0.325 e. The monoisotopic (exact) mass is 363 g/mol. The lowest BCUT2D eigenvalue weighted by molar-refractivity contribution is -0.115. The van der Waals surface area contributed by atoms with Gasteiger partial charge in [0.05, 0.1) is 11.3 Å². The van der Waals surface area contributed by atoms with E-state index in [9.17, 15) is 9.18 Å². The second-order valence-electron chi connectivity index (χ2n) is 6.41. The summed E-state index contributed by atoms with van der Waals surface area (Å²) in [6.07, 6.45) is 5.77. The summed E-state index contributed by atoms with van der Waals surface area (Å²) in [6, 6.07) is 4.98. The van der Waals surface area contributed by atoms with Crippen molar-refractivity contribution in [1.29, 1.82) is 0 Å². The van der Waals surface area contributed by atoms with Gasteiger partial charge in [-0.25, -0.2) is 9.07 Å². The molecule has 2 aromatic rings. The molecule has 8 heteroatoms. The van der Waals surface area contributed by atoms with Gasteiger partial charge in [-0.2, -0.15) is 0 Å². The van der Waals surface area contributed by atoms with Gasteiger partial charge < -0.3 is 5.32 Å². The predicted molar refractivity (Wildman–Crippen MR) is 95.0 cm³/mol. The molecule has 0 radical (unpaired) electrons. The Bertz CT molecular complexity index is 744. The summed E-state index contributed by atoms with van der Waals surface area (Å²) in [6.45, 7) is 3.48. The molecule has 0 spiro atoms. The zero-order valence-electron chi connectivity index (χ0n) is 14.4. The highest BCUT2D eigenvalue weighted by Crippen LogP contribution is 2.31. The fourth-order valence-corrected chi connectivity index (χ4v) is 3.80. The second-order valence-corrected chi connectivity index (χ2v) is 7.72. The third kappa shape index (κ3) is 4.36. The van der Waals surface area contributed by atoms with Crippen LogP contribution in [0.3, 0.4) is 0 Å². The normalized spacial score (nSPS) is 16.6. The van der Waals surface area contributed by atoms with Gasteiger partial charge in [0, 0.05) is 5.69 Å². The Morgan fingerprint density at radius 2 is 2.12 bits per heavy atom. The molecule has 0 saturated heterocycles. The summed E-state index contributed by atoms with van der Waals surface area (Å²) < 4.78 is 15.5. The Balaban J connectivity index is 1.63. The molecule has 0 bridgehead atoms. The maximum Gasteiger partial charge on any atom is 0.237 e. The van der Waals surface area contributed by atoms with E-state index >= 15 is 0 Å². The van der Waals surface area contributed by atoms with Crippen molar-refractivity contribution >= 4 is 23.4 Å². The van der Waals surface area contributed by atoms with Gasteiger partial charge in [0.25, 0.3) is 0 Å². The van der Waals surface area contributed by atoms with E-state index in [2.05, 4.69) is 20.8 Å². The summed E-state index contributed by atoms with van der Waals surface area (Å²) in [7, 11) is 0. The van der Waals surface area contributed by atoms with Crippen LogP contribution in [0.15, 0.2) is 23.4 Å². The Morgan fingerprint density at radius 3 is 2.84 bits per heavy atom. The van der Waals surface area contributed by atoms with Gasteiger partial charge in [-0.05, 0) is 54.8 Å². The number of tetrazole rings is 1. The highest BCUT2D eigenvalue weighted by Gasteiger charge is 2.24. The van der Waals surface area contributed by atoms with Gasteiger partial charge in [0.2, 0.25) is 11.1 Å². The van der Waals surface area contributed by atoms with Crippen LogP contribution in [0.5, 0.6) is 0 Å². The number of aryl methyl sites for hydroxylation is 1. The molecule has 134 valence electrons. The number of nitrogens with one attached hydrogen (secondary N) is 1. The van der Waals surface area contributed by atoms with Crippen LogP contribution >= 0.6 is 11.8 Å². The standard InChI is InChI=1S/C17H22FN5OS/c1-11-8-9-13(10-15(11)18)19-16(24)12(2)25-17-20-21-22-23(17)14-6-4-3-5-7-14/h8-10,12,14H,3-7H2,1-2H3,(H,19,24)/t12-/m1/s1. The molecule has 1 aromatic heterocycles. The first-order chi connectivity index (χ1) is 12.0. The molecule has 25 heavy (non-hydrogen) atoms. The first-order valence-corrected chi connectivity index (χ1v) is 9.44. The fraction of sp³-hybridized carbons (Fsp3) is 0.529. The van der Waals surface area contributed by atoms with Crippen LogP contribution in [0.25, 0.3) is 0 Å². The predicted octanol–water partition coefficient (Wildman–Crippen LogP) is 3.75. The lowest BCUT2D eigenvalue weighted by atomic mass is 9.96. The molecular weight excluding hydrogens is 341 g/mol. The van der Waals surface area contributed by atoms with Gasteiger partial charge in [0.1, 0.15) is 5.82 Å². The van der Waals surface area contributed by atoms with Crippen molar-refractivity contribution < 1.29 is 9.18 Å². The van der Waals surface area contributed by atoms with Gasteiger partial charge >= 0.3 is 0 Å². The molecule has 6 nitrogen and oxygen atoms in total. The molecule has 1 amide bonds. The number of hydrogen-bond donors (Lipinski definition) is 1. The van der Waals surface area contributed by atoms with Crippen LogP contribution in [0, 0.1) is 12.7 Å². The SMILES string of the molecule is Cc1ccc(NC(=O)[C@@H](C)Sc2nnnn2C2CCCCC2)cc1F. The highest BCUT2D eigenvalue weighted by atomic mass is 32.2. The van der Waals surface area contributed by atoms with Crippen molar-refractivity contribution in [3.8, 4) is 0 Å². The van der Waals surface area contributed by atoms with Crippen LogP contribution in [0.4, 0.5) is 10.1 Å². The Hall–Kier alpha value is -1.96. The van der Waals surface area contributed by atoms with E-state index < -0.39 is 5.25 Å². The van der Waals surface area contributed by atoms with E-state index in [1.165, 1.54) is 37.1 Å². The van der Waals surface area contributed by atoms with Crippen LogP contribution in [-0.2, 0) is 4.79 Å². The smallest absolute Gasteiger partial charge is 0.237 e. The number of anilines is 1. The van der Waals surface area contributed by atoms with E-state index in [1.54, 1.807) is 26.0 Å². The molecule has 1 aliphatic carbocycles. The molecular formula is C17H22FN5OS. The van der Waals surface area contributed by atoms with Crippen molar-refractivity contribution in [3.63, 3.8) is 0 Å². The number of nitrogens with zero attached hydrogens (tertiary/aromatic N) is 4. The molecule has 1 aromatic carbocycles. The van der Waals surface area contributed by atoms with Crippen molar-refractivity contribution in [2.45, 2.75) is 62.4 Å². The number of rotatable bonds is 5. The molecule has 0 aliphatic heterocycles. The Labute approximate surface area is 150 Å². The molecule has 1 fully saturated rings. The third-order valence-electron chi connectivity index (χ3n) is 4.47. The van der Waals surface area contributed by atoms with Gasteiger partial charge in [0.15, 0.2) is 0 Å². The highest BCUT2D eigenvalue weighted by molar-refractivity contribution is 8.00. The maximum absolute atomic E-state index is 13.6. The number of amides is 1. The molecule has 1 N–H and O–H groups in total. The average molecular weight is 363 g/mol. The summed E-state index contributed by atoms with van der Waals surface area (Å²) >= 11 is 1.33. The Kier molecular flexibility index (Phi) is 5.67. The third-order valence-corrected chi connectivity index (χ3v) is 5.52. The molecule has 1 heterocycles. The molecule has 0 unspecified atom stereocenters. The molecule has 1 atom stereocenters. The number of halogens is 1. The van der Waals surface area contributed by atoms with Crippen molar-refractivity contribution in [1.82, 2.24) is 20.2 Å². The lowest BCUT2D eigenvalue weighted by Crippen LogP contribution is -2.23. The molecule has 3 rings (SSSR count).